The van der Waals surface area contributed by atoms with E-state index >= 15 is 0 Å². The molecule has 248 valence electrons. The van der Waals surface area contributed by atoms with Crippen molar-refractivity contribution in [3.05, 3.63) is 206 Å². The highest BCUT2D eigenvalue weighted by atomic mass is 32.2. The van der Waals surface area contributed by atoms with Crippen LogP contribution in [0.4, 0.5) is 34.1 Å². The van der Waals surface area contributed by atoms with E-state index in [9.17, 15) is 0 Å². The third-order valence-corrected chi connectivity index (χ3v) is 11.9. The van der Waals surface area contributed by atoms with E-state index in [1.165, 1.54) is 41.8 Å². The lowest BCUT2D eigenvalue weighted by Gasteiger charge is -2.27. The van der Waals surface area contributed by atoms with Crippen LogP contribution < -0.4 is 9.80 Å². The van der Waals surface area contributed by atoms with Crippen LogP contribution in [0.1, 0.15) is 0 Å². The first kappa shape index (κ1) is 32.0. The molecule has 1 aliphatic heterocycles. The van der Waals surface area contributed by atoms with E-state index in [1.54, 1.807) is 0 Å². The molecule has 52 heavy (non-hydrogen) atoms. The van der Waals surface area contributed by atoms with Gasteiger partial charge in [-0.25, -0.2) is 0 Å². The first-order valence-electron chi connectivity index (χ1n) is 17.4. The van der Waals surface area contributed by atoms with Gasteiger partial charge in [0.1, 0.15) is 0 Å². The summed E-state index contributed by atoms with van der Waals surface area (Å²) < 4.78 is 0. The van der Waals surface area contributed by atoms with Gasteiger partial charge in [-0.05, 0) is 108 Å². The Morgan fingerprint density at radius 3 is 1.08 bits per heavy atom. The van der Waals surface area contributed by atoms with Crippen LogP contribution in [0.5, 0.6) is 0 Å². The standard InChI is InChI=1S/C48H34N2S2/c1-5-15-37(16-6-1)49(38-17-7-2-8-18-38)41-29-25-35(26-30-41)43-33-34-46-48(52-45-24-14-13-23-44(45)51-46)47(43)36-27-31-42(32-28-36)50(39-19-9-3-10-20-39)40-21-11-4-12-22-40/h1-34H. The molecule has 0 saturated carbocycles. The molecule has 1 aliphatic rings. The van der Waals surface area contributed by atoms with Crippen LogP contribution in [0, 0.1) is 0 Å². The molecule has 2 nitrogen and oxygen atoms in total. The van der Waals surface area contributed by atoms with Gasteiger partial charge < -0.3 is 9.80 Å². The van der Waals surface area contributed by atoms with Gasteiger partial charge in [-0.2, -0.15) is 0 Å². The maximum Gasteiger partial charge on any atom is 0.0462 e. The second-order valence-corrected chi connectivity index (χ2v) is 14.7. The highest BCUT2D eigenvalue weighted by molar-refractivity contribution is 8.05. The van der Waals surface area contributed by atoms with Gasteiger partial charge >= 0.3 is 0 Å². The van der Waals surface area contributed by atoms with Crippen molar-refractivity contribution in [1.82, 2.24) is 0 Å². The van der Waals surface area contributed by atoms with Gasteiger partial charge in [0.2, 0.25) is 0 Å². The first-order chi connectivity index (χ1) is 25.8. The molecule has 0 fully saturated rings. The van der Waals surface area contributed by atoms with Crippen LogP contribution in [0.2, 0.25) is 0 Å². The zero-order valence-electron chi connectivity index (χ0n) is 28.3. The molecule has 8 aromatic rings. The van der Waals surface area contributed by atoms with E-state index in [-0.39, 0.29) is 0 Å². The van der Waals surface area contributed by atoms with Crippen LogP contribution in [0.3, 0.4) is 0 Å². The van der Waals surface area contributed by atoms with E-state index in [0.29, 0.717) is 0 Å². The maximum absolute atomic E-state index is 2.32. The van der Waals surface area contributed by atoms with Gasteiger partial charge in [-0.3, -0.25) is 0 Å². The highest BCUT2D eigenvalue weighted by Gasteiger charge is 2.24. The van der Waals surface area contributed by atoms with Crippen LogP contribution >= 0.6 is 23.5 Å². The van der Waals surface area contributed by atoms with Crippen molar-refractivity contribution in [3.63, 3.8) is 0 Å². The zero-order valence-corrected chi connectivity index (χ0v) is 30.0. The Bertz CT molecular complexity index is 2350. The molecule has 0 atom stereocenters. The number of benzene rings is 8. The van der Waals surface area contributed by atoms with Crippen molar-refractivity contribution >= 4 is 57.6 Å². The molecule has 0 aromatic heterocycles. The number of para-hydroxylation sites is 4. The summed E-state index contributed by atoms with van der Waals surface area (Å²) in [6, 6.07) is 73.8. The maximum atomic E-state index is 2.32. The van der Waals surface area contributed by atoms with E-state index in [4.69, 9.17) is 0 Å². The molecule has 0 radical (unpaired) electrons. The largest absolute Gasteiger partial charge is 0.311 e. The molecule has 0 saturated heterocycles. The summed E-state index contributed by atoms with van der Waals surface area (Å²) >= 11 is 3.74. The molecule has 8 aromatic carbocycles. The normalized spacial score (nSPS) is 11.7. The van der Waals surface area contributed by atoms with Crippen molar-refractivity contribution in [3.8, 4) is 22.3 Å². The summed E-state index contributed by atoms with van der Waals surface area (Å²) in [6.07, 6.45) is 0. The zero-order chi connectivity index (χ0) is 34.7. The monoisotopic (exact) mass is 702 g/mol. The predicted octanol–water partition coefficient (Wildman–Crippen LogP) is 14.6. The SMILES string of the molecule is c1ccc(N(c2ccccc2)c2ccc(-c3ccc4c(c3-c3ccc(N(c5ccccc5)c5ccccc5)cc3)Sc3ccccc3S4)cc2)cc1. The van der Waals surface area contributed by atoms with Gasteiger partial charge in [0.25, 0.3) is 0 Å². The summed E-state index contributed by atoms with van der Waals surface area (Å²) in [6.45, 7) is 0. The molecule has 0 aliphatic carbocycles. The summed E-state index contributed by atoms with van der Waals surface area (Å²) in [7, 11) is 0. The fourth-order valence-corrected chi connectivity index (χ4v) is 9.31. The Kier molecular flexibility index (Phi) is 8.83. The molecule has 0 spiro atoms. The smallest absolute Gasteiger partial charge is 0.0462 e. The molecule has 9 rings (SSSR count). The number of hydrogen-bond donors (Lipinski definition) is 0. The quantitative estimate of drug-likeness (QED) is 0.155. The highest BCUT2D eigenvalue weighted by Crippen LogP contribution is 2.54. The summed E-state index contributed by atoms with van der Waals surface area (Å²) in [5, 5.41) is 0. The Balaban J connectivity index is 1.15. The first-order valence-corrected chi connectivity index (χ1v) is 19.1. The third kappa shape index (κ3) is 6.28. The lowest BCUT2D eigenvalue weighted by atomic mass is 9.94. The van der Waals surface area contributed by atoms with Gasteiger partial charge in [-0.1, -0.05) is 139 Å². The van der Waals surface area contributed by atoms with E-state index < -0.39 is 0 Å². The molecular formula is C48H34N2S2. The van der Waals surface area contributed by atoms with E-state index in [1.807, 2.05) is 23.5 Å². The number of rotatable bonds is 8. The Morgan fingerprint density at radius 1 is 0.269 bits per heavy atom. The second-order valence-electron chi connectivity index (χ2n) is 12.6. The Hall–Kier alpha value is -5.94. The minimum absolute atomic E-state index is 1.12. The average Bonchev–Trinajstić information content (AvgIpc) is 3.22. The van der Waals surface area contributed by atoms with E-state index in [0.717, 1.165) is 34.1 Å². The summed E-state index contributed by atoms with van der Waals surface area (Å²) in [5.41, 5.74) is 11.6. The summed E-state index contributed by atoms with van der Waals surface area (Å²) in [5.74, 6) is 0. The fourth-order valence-electron chi connectivity index (χ4n) is 6.89. The van der Waals surface area contributed by atoms with Crippen LogP contribution in [0.25, 0.3) is 22.3 Å². The third-order valence-electron chi connectivity index (χ3n) is 9.31. The number of anilines is 6. The van der Waals surface area contributed by atoms with Gasteiger partial charge in [0, 0.05) is 59.3 Å². The molecule has 0 amide bonds. The fraction of sp³-hybridized carbons (Fsp3) is 0. The summed E-state index contributed by atoms with van der Waals surface area (Å²) in [4.78, 5) is 9.82. The molecule has 0 bridgehead atoms. The molecular weight excluding hydrogens is 669 g/mol. The van der Waals surface area contributed by atoms with Crippen molar-refractivity contribution in [1.29, 1.82) is 0 Å². The number of hydrogen-bond acceptors (Lipinski definition) is 4. The molecule has 4 heteroatoms. The predicted molar refractivity (Wildman–Crippen MR) is 221 cm³/mol. The van der Waals surface area contributed by atoms with Crippen molar-refractivity contribution in [2.75, 3.05) is 9.80 Å². The van der Waals surface area contributed by atoms with Crippen LogP contribution in [0.15, 0.2) is 226 Å². The molecule has 0 N–H and O–H groups in total. The second kappa shape index (κ2) is 14.4. The topological polar surface area (TPSA) is 6.48 Å². The van der Waals surface area contributed by atoms with Crippen LogP contribution in [-0.2, 0) is 0 Å². The van der Waals surface area contributed by atoms with Gasteiger partial charge in [-0.15, -0.1) is 0 Å². The Labute approximate surface area is 314 Å². The van der Waals surface area contributed by atoms with Gasteiger partial charge in [0.15, 0.2) is 0 Å². The molecule has 0 unspecified atom stereocenters. The van der Waals surface area contributed by atoms with Crippen LogP contribution in [-0.4, -0.2) is 0 Å². The minimum Gasteiger partial charge on any atom is -0.311 e. The minimum atomic E-state index is 1.12. The van der Waals surface area contributed by atoms with Crippen molar-refractivity contribution in [2.45, 2.75) is 19.6 Å². The van der Waals surface area contributed by atoms with Crippen molar-refractivity contribution < 1.29 is 0 Å². The van der Waals surface area contributed by atoms with Crippen molar-refractivity contribution in [2.24, 2.45) is 0 Å². The van der Waals surface area contributed by atoms with E-state index in [2.05, 4.69) is 216 Å². The average molecular weight is 703 g/mol. The number of fused-ring (bicyclic) bond motifs is 2. The Morgan fingerprint density at radius 2 is 0.635 bits per heavy atom. The molecule has 1 heterocycles. The number of nitrogens with zero attached hydrogens (tertiary/aromatic N) is 2. The lowest BCUT2D eigenvalue weighted by Crippen LogP contribution is -2.09. The lowest BCUT2D eigenvalue weighted by molar-refractivity contribution is 1.16. The van der Waals surface area contributed by atoms with Gasteiger partial charge in [0.05, 0.1) is 0 Å².